The van der Waals surface area contributed by atoms with Gasteiger partial charge in [0.2, 0.25) is 15.9 Å². The largest absolute Gasteiger partial charge is 0.416 e. The van der Waals surface area contributed by atoms with Crippen molar-refractivity contribution in [1.82, 2.24) is 4.31 Å². The summed E-state index contributed by atoms with van der Waals surface area (Å²) in [5.41, 5.74) is -0.479. The molecule has 1 aliphatic heterocycles. The Labute approximate surface area is 188 Å². The summed E-state index contributed by atoms with van der Waals surface area (Å²) in [6.07, 6.45) is -3.65. The SMILES string of the molecule is O=C(Nc1cccc(C(F)(F)F)c1)C1CCCN(S(=O)(=O)Cc2ccc(Cl)cc2Cl)C1. The second kappa shape index (κ2) is 9.36. The van der Waals surface area contributed by atoms with E-state index in [2.05, 4.69) is 5.32 Å². The Kier molecular flexibility index (Phi) is 7.20. The van der Waals surface area contributed by atoms with Crippen LogP contribution in [0.1, 0.15) is 24.0 Å². The quantitative estimate of drug-likeness (QED) is 0.621. The van der Waals surface area contributed by atoms with Crippen LogP contribution >= 0.6 is 23.2 Å². The number of rotatable bonds is 5. The molecule has 2 aromatic carbocycles. The van der Waals surface area contributed by atoms with Gasteiger partial charge in [-0.15, -0.1) is 0 Å². The van der Waals surface area contributed by atoms with E-state index in [0.29, 0.717) is 23.4 Å². The fraction of sp³-hybridized carbons (Fsp3) is 0.350. The molecule has 1 aliphatic rings. The van der Waals surface area contributed by atoms with Crippen molar-refractivity contribution in [3.63, 3.8) is 0 Å². The van der Waals surface area contributed by atoms with E-state index >= 15 is 0 Å². The number of sulfonamides is 1. The number of carbonyl (C=O) groups is 1. The summed E-state index contributed by atoms with van der Waals surface area (Å²) < 4.78 is 65.5. The van der Waals surface area contributed by atoms with Gasteiger partial charge in [-0.1, -0.05) is 35.3 Å². The maximum absolute atomic E-state index is 12.9. The number of piperidine rings is 1. The number of anilines is 1. The second-order valence-corrected chi connectivity index (χ2v) is 10.1. The summed E-state index contributed by atoms with van der Waals surface area (Å²) in [5, 5.41) is 3.08. The number of hydrogen-bond donors (Lipinski definition) is 1. The molecule has 0 spiro atoms. The molecular weight excluding hydrogens is 476 g/mol. The third kappa shape index (κ3) is 6.12. The maximum Gasteiger partial charge on any atom is 0.416 e. The van der Waals surface area contributed by atoms with Gasteiger partial charge in [-0.2, -0.15) is 13.2 Å². The predicted octanol–water partition coefficient (Wildman–Crippen LogP) is 5.19. The molecule has 1 N–H and O–H groups in total. The van der Waals surface area contributed by atoms with Gasteiger partial charge in [0.15, 0.2) is 0 Å². The highest BCUT2D eigenvalue weighted by atomic mass is 35.5. The predicted molar refractivity (Wildman–Crippen MR) is 113 cm³/mol. The molecule has 0 aromatic heterocycles. The van der Waals surface area contributed by atoms with Crippen molar-refractivity contribution in [1.29, 1.82) is 0 Å². The standard InChI is InChI=1S/C20H19Cl2F3N2O3S/c21-16-7-6-14(18(22)10-16)12-31(29,30)27-8-2-3-13(11-27)19(28)26-17-5-1-4-15(9-17)20(23,24)25/h1,4-7,9-10,13H,2-3,8,11-12H2,(H,26,28). The first-order chi connectivity index (χ1) is 14.5. The Balaban J connectivity index is 1.69. The molecule has 5 nitrogen and oxygen atoms in total. The van der Waals surface area contributed by atoms with Crippen LogP contribution in [0.3, 0.4) is 0 Å². The van der Waals surface area contributed by atoms with Crippen molar-refractivity contribution in [2.75, 3.05) is 18.4 Å². The van der Waals surface area contributed by atoms with Crippen LogP contribution in [0.2, 0.25) is 10.0 Å². The van der Waals surface area contributed by atoms with Gasteiger partial charge in [-0.25, -0.2) is 12.7 Å². The van der Waals surface area contributed by atoms with Gasteiger partial charge in [0.1, 0.15) is 0 Å². The molecule has 0 radical (unpaired) electrons. The molecule has 1 saturated heterocycles. The first-order valence-electron chi connectivity index (χ1n) is 9.35. The molecule has 1 unspecified atom stereocenters. The lowest BCUT2D eigenvalue weighted by Gasteiger charge is -2.31. The van der Waals surface area contributed by atoms with Crippen LogP contribution in [0.25, 0.3) is 0 Å². The van der Waals surface area contributed by atoms with E-state index in [0.717, 1.165) is 12.1 Å². The number of hydrogen-bond acceptors (Lipinski definition) is 3. The molecule has 0 aliphatic carbocycles. The highest BCUT2D eigenvalue weighted by Gasteiger charge is 2.34. The molecule has 1 amide bonds. The molecule has 1 fully saturated rings. The normalized spacial score (nSPS) is 18.0. The number of alkyl halides is 3. The number of nitrogens with one attached hydrogen (secondary N) is 1. The van der Waals surface area contributed by atoms with Crippen LogP contribution in [0, 0.1) is 5.92 Å². The summed E-state index contributed by atoms with van der Waals surface area (Å²) in [4.78, 5) is 12.6. The Morgan fingerprint density at radius 1 is 1.16 bits per heavy atom. The average molecular weight is 495 g/mol. The monoisotopic (exact) mass is 494 g/mol. The highest BCUT2D eigenvalue weighted by molar-refractivity contribution is 7.88. The van der Waals surface area contributed by atoms with E-state index in [1.54, 1.807) is 6.07 Å². The molecular formula is C20H19Cl2F3N2O3S. The van der Waals surface area contributed by atoms with E-state index in [1.807, 2.05) is 0 Å². The summed E-state index contributed by atoms with van der Waals surface area (Å²) in [6, 6.07) is 8.84. The second-order valence-electron chi connectivity index (χ2n) is 7.26. The molecule has 1 heterocycles. The molecule has 2 aromatic rings. The topological polar surface area (TPSA) is 66.5 Å². The molecule has 1 atom stereocenters. The molecule has 0 saturated carbocycles. The zero-order valence-electron chi connectivity index (χ0n) is 16.1. The summed E-state index contributed by atoms with van der Waals surface area (Å²) in [7, 11) is -3.76. The zero-order valence-corrected chi connectivity index (χ0v) is 18.5. The smallest absolute Gasteiger partial charge is 0.326 e. The van der Waals surface area contributed by atoms with Crippen molar-refractivity contribution >= 4 is 44.8 Å². The Morgan fingerprint density at radius 2 is 1.90 bits per heavy atom. The van der Waals surface area contributed by atoms with E-state index in [1.165, 1.54) is 28.6 Å². The third-order valence-electron chi connectivity index (χ3n) is 4.96. The van der Waals surface area contributed by atoms with Crippen LogP contribution in [0.5, 0.6) is 0 Å². The average Bonchev–Trinajstić information content (AvgIpc) is 2.70. The molecule has 0 bridgehead atoms. The molecule has 3 rings (SSSR count). The fourth-order valence-corrected chi connectivity index (χ4v) is 5.55. The number of halogens is 5. The van der Waals surface area contributed by atoms with Crippen molar-refractivity contribution in [3.8, 4) is 0 Å². The van der Waals surface area contributed by atoms with Gasteiger partial charge in [-0.3, -0.25) is 4.79 Å². The van der Waals surface area contributed by atoms with Gasteiger partial charge in [0.05, 0.1) is 17.2 Å². The van der Waals surface area contributed by atoms with Gasteiger partial charge in [0.25, 0.3) is 0 Å². The summed E-state index contributed by atoms with van der Waals surface area (Å²) in [6.45, 7) is 0.194. The first-order valence-corrected chi connectivity index (χ1v) is 11.7. The third-order valence-corrected chi connectivity index (χ3v) is 7.34. The van der Waals surface area contributed by atoms with Crippen LogP contribution in [-0.2, 0) is 26.7 Å². The highest BCUT2D eigenvalue weighted by Crippen LogP contribution is 2.31. The molecule has 168 valence electrons. The lowest BCUT2D eigenvalue weighted by molar-refractivity contribution is -0.137. The summed E-state index contributed by atoms with van der Waals surface area (Å²) in [5.74, 6) is -1.55. The lowest BCUT2D eigenvalue weighted by atomic mass is 9.98. The minimum atomic E-state index is -4.53. The van der Waals surface area contributed by atoms with Gasteiger partial charge < -0.3 is 5.32 Å². The van der Waals surface area contributed by atoms with Crippen LogP contribution in [-0.4, -0.2) is 31.7 Å². The van der Waals surface area contributed by atoms with E-state index in [-0.39, 0.29) is 29.6 Å². The van der Waals surface area contributed by atoms with E-state index in [4.69, 9.17) is 23.2 Å². The Morgan fingerprint density at radius 3 is 2.58 bits per heavy atom. The maximum atomic E-state index is 12.9. The fourth-order valence-electron chi connectivity index (χ4n) is 3.35. The Bertz CT molecular complexity index is 1080. The zero-order chi connectivity index (χ0) is 22.8. The Hall–Kier alpha value is -1.81. The summed E-state index contributed by atoms with van der Waals surface area (Å²) >= 11 is 11.9. The van der Waals surface area contributed by atoms with Crippen molar-refractivity contribution in [2.24, 2.45) is 5.92 Å². The van der Waals surface area contributed by atoms with Crippen LogP contribution in [0.4, 0.5) is 18.9 Å². The van der Waals surface area contributed by atoms with Crippen molar-refractivity contribution < 1.29 is 26.4 Å². The minimum absolute atomic E-state index is 0.00718. The van der Waals surface area contributed by atoms with E-state index in [9.17, 15) is 26.4 Å². The van der Waals surface area contributed by atoms with Crippen LogP contribution < -0.4 is 5.32 Å². The number of carbonyl (C=O) groups excluding carboxylic acids is 1. The van der Waals surface area contributed by atoms with Gasteiger partial charge in [-0.05, 0) is 48.7 Å². The van der Waals surface area contributed by atoms with Gasteiger partial charge >= 0.3 is 6.18 Å². The van der Waals surface area contributed by atoms with E-state index < -0.39 is 33.6 Å². The molecule has 31 heavy (non-hydrogen) atoms. The molecule has 11 heteroatoms. The first kappa shape index (κ1) is 23.8. The number of benzene rings is 2. The number of nitrogens with zero attached hydrogens (tertiary/aromatic N) is 1. The van der Waals surface area contributed by atoms with Crippen molar-refractivity contribution in [2.45, 2.75) is 24.8 Å². The minimum Gasteiger partial charge on any atom is -0.326 e. The lowest BCUT2D eigenvalue weighted by Crippen LogP contribution is -2.44. The van der Waals surface area contributed by atoms with Crippen molar-refractivity contribution in [3.05, 3.63) is 63.6 Å². The van der Waals surface area contributed by atoms with Crippen LogP contribution in [0.15, 0.2) is 42.5 Å². The van der Waals surface area contributed by atoms with Gasteiger partial charge in [0, 0.05) is 28.8 Å². The number of amides is 1.